The molecule has 0 radical (unpaired) electrons. The van der Waals surface area contributed by atoms with Gasteiger partial charge in [-0.2, -0.15) is 0 Å². The van der Waals surface area contributed by atoms with Crippen molar-refractivity contribution in [1.29, 1.82) is 0 Å². The van der Waals surface area contributed by atoms with Gasteiger partial charge in [-0.05, 0) is 45.1 Å². The molecule has 90 valence electrons. The highest BCUT2D eigenvalue weighted by Crippen LogP contribution is 2.24. The van der Waals surface area contributed by atoms with Gasteiger partial charge in [0.25, 0.3) is 0 Å². The Morgan fingerprint density at radius 1 is 1.33 bits per heavy atom. The smallest absolute Gasteiger partial charge is 0.0580 e. The van der Waals surface area contributed by atoms with Gasteiger partial charge in [0, 0.05) is 6.04 Å². The summed E-state index contributed by atoms with van der Waals surface area (Å²) in [6.07, 6.45) is 6.01. The average molecular weight is 213 g/mol. The maximum absolute atomic E-state index is 5.84. The van der Waals surface area contributed by atoms with Crippen LogP contribution in [0.1, 0.15) is 53.4 Å². The molecule has 2 heteroatoms. The van der Waals surface area contributed by atoms with Crippen LogP contribution < -0.4 is 5.32 Å². The van der Waals surface area contributed by atoms with Crippen molar-refractivity contribution in [2.75, 3.05) is 6.54 Å². The van der Waals surface area contributed by atoms with Gasteiger partial charge in [-0.3, -0.25) is 0 Å². The molecule has 0 aromatic carbocycles. The second-order valence-electron chi connectivity index (χ2n) is 5.13. The van der Waals surface area contributed by atoms with Crippen LogP contribution in [0.2, 0.25) is 0 Å². The van der Waals surface area contributed by atoms with E-state index in [-0.39, 0.29) is 0 Å². The molecule has 1 heterocycles. The summed E-state index contributed by atoms with van der Waals surface area (Å²) in [6.45, 7) is 10.0. The van der Waals surface area contributed by atoms with Crippen LogP contribution in [0.25, 0.3) is 0 Å². The van der Waals surface area contributed by atoms with Crippen molar-refractivity contribution in [3.63, 3.8) is 0 Å². The van der Waals surface area contributed by atoms with Crippen molar-refractivity contribution in [2.24, 2.45) is 5.92 Å². The van der Waals surface area contributed by atoms with Crippen LogP contribution in [-0.2, 0) is 4.74 Å². The summed E-state index contributed by atoms with van der Waals surface area (Å²) in [4.78, 5) is 0. The van der Waals surface area contributed by atoms with Crippen LogP contribution in [0.15, 0.2) is 0 Å². The first-order valence-corrected chi connectivity index (χ1v) is 6.52. The fourth-order valence-electron chi connectivity index (χ4n) is 2.40. The number of hydrogen-bond donors (Lipinski definition) is 1. The molecule has 0 aromatic rings. The molecule has 3 unspecified atom stereocenters. The maximum Gasteiger partial charge on any atom is 0.0580 e. The molecule has 15 heavy (non-hydrogen) atoms. The summed E-state index contributed by atoms with van der Waals surface area (Å²) < 4.78 is 5.84. The van der Waals surface area contributed by atoms with E-state index in [1.807, 2.05) is 0 Å². The molecule has 3 atom stereocenters. The van der Waals surface area contributed by atoms with E-state index in [4.69, 9.17) is 4.74 Å². The number of ether oxygens (including phenoxy) is 1. The number of hydrogen-bond acceptors (Lipinski definition) is 2. The Morgan fingerprint density at radius 2 is 2.07 bits per heavy atom. The molecule has 0 spiro atoms. The molecule has 1 aliphatic rings. The first-order valence-electron chi connectivity index (χ1n) is 6.52. The summed E-state index contributed by atoms with van der Waals surface area (Å²) >= 11 is 0. The molecule has 0 bridgehead atoms. The SMILES string of the molecule is CCNC(CCC1CCC(C)O1)C(C)C. The summed E-state index contributed by atoms with van der Waals surface area (Å²) in [6, 6.07) is 0.662. The molecule has 1 saturated heterocycles. The summed E-state index contributed by atoms with van der Waals surface area (Å²) in [5.74, 6) is 0.726. The molecule has 0 amide bonds. The predicted octanol–water partition coefficient (Wildman–Crippen LogP) is 2.97. The highest BCUT2D eigenvalue weighted by molar-refractivity contribution is 4.76. The Bertz CT molecular complexity index is 170. The predicted molar refractivity (Wildman–Crippen MR) is 65.1 cm³/mol. The molecule has 1 fully saturated rings. The van der Waals surface area contributed by atoms with E-state index in [9.17, 15) is 0 Å². The van der Waals surface area contributed by atoms with Crippen LogP contribution in [0.5, 0.6) is 0 Å². The molecule has 1 aliphatic heterocycles. The van der Waals surface area contributed by atoms with Crippen molar-refractivity contribution >= 4 is 0 Å². The Hall–Kier alpha value is -0.0800. The second-order valence-corrected chi connectivity index (χ2v) is 5.13. The van der Waals surface area contributed by atoms with Gasteiger partial charge in [-0.25, -0.2) is 0 Å². The van der Waals surface area contributed by atoms with Gasteiger partial charge in [0.15, 0.2) is 0 Å². The van der Waals surface area contributed by atoms with Crippen molar-refractivity contribution in [3.8, 4) is 0 Å². The highest BCUT2D eigenvalue weighted by Gasteiger charge is 2.23. The quantitative estimate of drug-likeness (QED) is 0.732. The van der Waals surface area contributed by atoms with Crippen LogP contribution in [0.3, 0.4) is 0 Å². The molecule has 2 nitrogen and oxygen atoms in total. The van der Waals surface area contributed by atoms with E-state index in [0.29, 0.717) is 18.2 Å². The minimum atomic E-state index is 0.492. The molecule has 1 rings (SSSR count). The molecule has 0 aromatic heterocycles. The monoisotopic (exact) mass is 213 g/mol. The van der Waals surface area contributed by atoms with E-state index in [0.717, 1.165) is 12.5 Å². The fourth-order valence-corrected chi connectivity index (χ4v) is 2.40. The number of rotatable bonds is 6. The van der Waals surface area contributed by atoms with E-state index in [2.05, 4.69) is 33.0 Å². The topological polar surface area (TPSA) is 21.3 Å². The zero-order valence-corrected chi connectivity index (χ0v) is 10.8. The van der Waals surface area contributed by atoms with E-state index in [1.54, 1.807) is 0 Å². The Labute approximate surface area is 94.8 Å². The minimum Gasteiger partial charge on any atom is -0.375 e. The van der Waals surface area contributed by atoms with Crippen LogP contribution in [-0.4, -0.2) is 24.8 Å². The van der Waals surface area contributed by atoms with Gasteiger partial charge in [0.05, 0.1) is 12.2 Å². The lowest BCUT2D eigenvalue weighted by Gasteiger charge is -2.23. The molecule has 0 saturated carbocycles. The van der Waals surface area contributed by atoms with Crippen LogP contribution >= 0.6 is 0 Å². The van der Waals surface area contributed by atoms with Crippen molar-refractivity contribution < 1.29 is 4.74 Å². The lowest BCUT2D eigenvalue weighted by atomic mass is 9.97. The first-order chi connectivity index (χ1) is 7.13. The molecular formula is C13H27NO. The van der Waals surface area contributed by atoms with Crippen molar-refractivity contribution in [1.82, 2.24) is 5.32 Å². The van der Waals surface area contributed by atoms with Gasteiger partial charge in [-0.1, -0.05) is 20.8 Å². The van der Waals surface area contributed by atoms with Crippen molar-refractivity contribution in [3.05, 3.63) is 0 Å². The van der Waals surface area contributed by atoms with Crippen LogP contribution in [0, 0.1) is 5.92 Å². The highest BCUT2D eigenvalue weighted by atomic mass is 16.5. The maximum atomic E-state index is 5.84. The third-order valence-corrected chi connectivity index (χ3v) is 3.39. The van der Waals surface area contributed by atoms with E-state index >= 15 is 0 Å². The Kier molecular flexibility index (Phi) is 5.62. The van der Waals surface area contributed by atoms with Gasteiger partial charge < -0.3 is 10.1 Å². The third-order valence-electron chi connectivity index (χ3n) is 3.39. The van der Waals surface area contributed by atoms with Crippen LogP contribution in [0.4, 0.5) is 0 Å². The molecule has 0 aliphatic carbocycles. The van der Waals surface area contributed by atoms with Gasteiger partial charge in [0.2, 0.25) is 0 Å². The average Bonchev–Trinajstić information content (AvgIpc) is 2.58. The molecule has 1 N–H and O–H groups in total. The minimum absolute atomic E-state index is 0.492. The lowest BCUT2D eigenvalue weighted by molar-refractivity contribution is 0.0472. The number of nitrogens with one attached hydrogen (secondary N) is 1. The summed E-state index contributed by atoms with van der Waals surface area (Å²) in [7, 11) is 0. The fraction of sp³-hybridized carbons (Fsp3) is 1.00. The van der Waals surface area contributed by atoms with Crippen molar-refractivity contribution in [2.45, 2.75) is 71.6 Å². The largest absolute Gasteiger partial charge is 0.375 e. The van der Waals surface area contributed by atoms with Gasteiger partial charge in [0.1, 0.15) is 0 Å². The zero-order valence-electron chi connectivity index (χ0n) is 10.8. The van der Waals surface area contributed by atoms with Gasteiger partial charge in [-0.15, -0.1) is 0 Å². The lowest BCUT2D eigenvalue weighted by Crippen LogP contribution is -2.34. The first kappa shape index (κ1) is 13.0. The molecular weight excluding hydrogens is 186 g/mol. The Balaban J connectivity index is 2.21. The van der Waals surface area contributed by atoms with E-state index < -0.39 is 0 Å². The Morgan fingerprint density at radius 3 is 2.53 bits per heavy atom. The second kappa shape index (κ2) is 6.49. The zero-order chi connectivity index (χ0) is 11.3. The summed E-state index contributed by atoms with van der Waals surface area (Å²) in [5.41, 5.74) is 0. The normalized spacial score (nSPS) is 28.6. The third kappa shape index (κ3) is 4.52. The summed E-state index contributed by atoms with van der Waals surface area (Å²) in [5, 5.41) is 3.56. The standard InChI is InChI=1S/C13H27NO/c1-5-14-13(10(2)3)9-8-12-7-6-11(4)15-12/h10-14H,5-9H2,1-4H3. The van der Waals surface area contributed by atoms with Gasteiger partial charge >= 0.3 is 0 Å². The van der Waals surface area contributed by atoms with E-state index in [1.165, 1.54) is 25.7 Å².